The number of carbonyl (C=O) groups excluding carboxylic acids is 2. The number of amides is 2. The van der Waals surface area contributed by atoms with Gasteiger partial charge >= 0.3 is 0 Å². The molecule has 1 aromatic rings. The van der Waals surface area contributed by atoms with Crippen molar-refractivity contribution in [3.63, 3.8) is 0 Å². The van der Waals surface area contributed by atoms with E-state index in [1.807, 2.05) is 0 Å². The molecule has 2 fully saturated rings. The van der Waals surface area contributed by atoms with Crippen molar-refractivity contribution in [3.8, 4) is 5.75 Å². The van der Waals surface area contributed by atoms with Crippen molar-refractivity contribution in [3.05, 3.63) is 24.3 Å². The summed E-state index contributed by atoms with van der Waals surface area (Å²) in [6.45, 7) is 1.20. The van der Waals surface area contributed by atoms with Gasteiger partial charge in [-0.25, -0.2) is 8.42 Å². The summed E-state index contributed by atoms with van der Waals surface area (Å²) in [5.41, 5.74) is -0.950. The van der Waals surface area contributed by atoms with Gasteiger partial charge in [0.05, 0.1) is 25.6 Å². The molecular weight excluding hydrogens is 418 g/mol. The van der Waals surface area contributed by atoms with E-state index in [1.54, 1.807) is 31.2 Å². The molecular formula is C22H33N3O5S. The van der Waals surface area contributed by atoms with Crippen LogP contribution in [-0.4, -0.2) is 62.6 Å². The third-order valence-electron chi connectivity index (χ3n) is 6.26. The van der Waals surface area contributed by atoms with Gasteiger partial charge in [0, 0.05) is 12.6 Å². The summed E-state index contributed by atoms with van der Waals surface area (Å²) in [5, 5.41) is 3.13. The van der Waals surface area contributed by atoms with Crippen molar-refractivity contribution in [2.75, 3.05) is 31.4 Å². The van der Waals surface area contributed by atoms with E-state index in [4.69, 9.17) is 4.74 Å². The van der Waals surface area contributed by atoms with E-state index < -0.39 is 21.5 Å². The molecule has 0 bridgehead atoms. The zero-order valence-corrected chi connectivity index (χ0v) is 19.4. The Kier molecular flexibility index (Phi) is 7.26. The van der Waals surface area contributed by atoms with Crippen LogP contribution >= 0.6 is 0 Å². The number of hydrogen-bond donors (Lipinski definition) is 1. The number of nitrogens with one attached hydrogen (secondary N) is 1. The zero-order valence-electron chi connectivity index (χ0n) is 18.6. The van der Waals surface area contributed by atoms with Gasteiger partial charge in [-0.2, -0.15) is 4.31 Å². The third kappa shape index (κ3) is 5.20. The molecule has 0 spiro atoms. The maximum absolute atomic E-state index is 13.6. The quantitative estimate of drug-likeness (QED) is 0.741. The molecule has 0 unspecified atom stereocenters. The predicted molar refractivity (Wildman–Crippen MR) is 120 cm³/mol. The maximum Gasteiger partial charge on any atom is 0.247 e. The van der Waals surface area contributed by atoms with Gasteiger partial charge < -0.3 is 10.1 Å². The van der Waals surface area contributed by atoms with Crippen LogP contribution in [0, 0.1) is 0 Å². The number of piperazine rings is 1. The fourth-order valence-corrected chi connectivity index (χ4v) is 5.36. The first-order valence-corrected chi connectivity index (χ1v) is 12.7. The van der Waals surface area contributed by atoms with Crippen molar-refractivity contribution in [2.24, 2.45) is 0 Å². The second-order valence-corrected chi connectivity index (χ2v) is 10.7. The molecule has 1 heterocycles. The summed E-state index contributed by atoms with van der Waals surface area (Å²) in [5.74, 6) is -0.351. The van der Waals surface area contributed by atoms with Gasteiger partial charge in [-0.05, 0) is 31.9 Å². The number of hydrogen-bond acceptors (Lipinski definition) is 5. The Morgan fingerprint density at radius 2 is 1.74 bits per heavy atom. The smallest absolute Gasteiger partial charge is 0.247 e. The lowest BCUT2D eigenvalue weighted by Crippen LogP contribution is -2.70. The Balaban J connectivity index is 1.97. The highest BCUT2D eigenvalue weighted by atomic mass is 32.2. The Morgan fingerprint density at radius 1 is 1.13 bits per heavy atom. The van der Waals surface area contributed by atoms with E-state index in [0.29, 0.717) is 11.4 Å². The van der Waals surface area contributed by atoms with Crippen molar-refractivity contribution >= 4 is 27.5 Å². The lowest BCUT2D eigenvalue weighted by atomic mass is 9.92. The van der Waals surface area contributed by atoms with Crippen LogP contribution in [0.4, 0.5) is 5.69 Å². The number of benzene rings is 1. The first-order valence-electron chi connectivity index (χ1n) is 10.9. The minimum Gasteiger partial charge on any atom is -0.495 e. The molecule has 31 heavy (non-hydrogen) atoms. The SMILES string of the molecule is COc1ccccc1N1C(=O)CN(S(C)(=O)=O)C[C@@]1(C)C(=O)NC1CCCCCCC1. The molecule has 0 radical (unpaired) electrons. The van der Waals surface area contributed by atoms with Gasteiger partial charge in [0.1, 0.15) is 11.3 Å². The summed E-state index contributed by atoms with van der Waals surface area (Å²) < 4.78 is 31.1. The number of nitrogens with zero attached hydrogens (tertiary/aromatic N) is 2. The van der Waals surface area contributed by atoms with Crippen LogP contribution in [0.2, 0.25) is 0 Å². The molecule has 172 valence electrons. The van der Waals surface area contributed by atoms with Crippen LogP contribution in [-0.2, 0) is 19.6 Å². The lowest BCUT2D eigenvalue weighted by molar-refractivity contribution is -0.133. The van der Waals surface area contributed by atoms with E-state index in [0.717, 1.165) is 49.1 Å². The van der Waals surface area contributed by atoms with Crippen LogP contribution in [0.15, 0.2) is 24.3 Å². The Morgan fingerprint density at radius 3 is 2.35 bits per heavy atom. The molecule has 1 aliphatic heterocycles. The molecule has 3 rings (SSSR count). The Labute approximate surface area is 185 Å². The number of rotatable bonds is 5. The van der Waals surface area contributed by atoms with Crippen LogP contribution in [0.25, 0.3) is 0 Å². The van der Waals surface area contributed by atoms with E-state index >= 15 is 0 Å². The molecule has 1 atom stereocenters. The molecule has 9 heteroatoms. The molecule has 1 aliphatic carbocycles. The van der Waals surface area contributed by atoms with Crippen LogP contribution < -0.4 is 15.0 Å². The normalized spacial score (nSPS) is 24.4. The first kappa shape index (κ1) is 23.5. The second kappa shape index (κ2) is 9.56. The number of methoxy groups -OCH3 is 1. The third-order valence-corrected chi connectivity index (χ3v) is 7.46. The molecule has 0 aromatic heterocycles. The highest BCUT2D eigenvalue weighted by molar-refractivity contribution is 7.88. The van der Waals surface area contributed by atoms with Gasteiger partial charge in [0.25, 0.3) is 0 Å². The molecule has 2 amide bonds. The number of sulfonamides is 1. The fourth-order valence-electron chi connectivity index (χ4n) is 4.53. The molecule has 1 saturated carbocycles. The highest BCUT2D eigenvalue weighted by Gasteiger charge is 2.51. The summed E-state index contributed by atoms with van der Waals surface area (Å²) in [6.07, 6.45) is 8.46. The van der Waals surface area contributed by atoms with Crippen LogP contribution in [0.5, 0.6) is 5.75 Å². The van der Waals surface area contributed by atoms with Crippen LogP contribution in [0.3, 0.4) is 0 Å². The number of para-hydroxylation sites is 2. The van der Waals surface area contributed by atoms with Crippen molar-refractivity contribution < 1.29 is 22.7 Å². The van der Waals surface area contributed by atoms with E-state index in [1.165, 1.54) is 18.4 Å². The Hall–Kier alpha value is -2.13. The van der Waals surface area contributed by atoms with Crippen molar-refractivity contribution in [1.82, 2.24) is 9.62 Å². The number of carbonyl (C=O) groups is 2. The summed E-state index contributed by atoms with van der Waals surface area (Å²) in [7, 11) is -2.15. The summed E-state index contributed by atoms with van der Waals surface area (Å²) in [6, 6.07) is 7.01. The topological polar surface area (TPSA) is 96.0 Å². The van der Waals surface area contributed by atoms with Gasteiger partial charge in [-0.3, -0.25) is 14.5 Å². The first-order chi connectivity index (χ1) is 14.7. The average Bonchev–Trinajstić information content (AvgIpc) is 2.69. The average molecular weight is 452 g/mol. The largest absolute Gasteiger partial charge is 0.495 e. The number of anilines is 1. The maximum atomic E-state index is 13.6. The Bertz CT molecular complexity index is 911. The lowest BCUT2D eigenvalue weighted by Gasteiger charge is -2.47. The minimum atomic E-state index is -3.65. The zero-order chi connectivity index (χ0) is 22.6. The van der Waals surface area contributed by atoms with Gasteiger partial charge in [0.2, 0.25) is 21.8 Å². The van der Waals surface area contributed by atoms with Crippen molar-refractivity contribution in [1.29, 1.82) is 0 Å². The van der Waals surface area contributed by atoms with Gasteiger partial charge in [-0.1, -0.05) is 44.2 Å². The molecule has 2 aliphatic rings. The summed E-state index contributed by atoms with van der Waals surface area (Å²) in [4.78, 5) is 28.2. The van der Waals surface area contributed by atoms with E-state index in [2.05, 4.69) is 5.32 Å². The standard InChI is InChI=1S/C22H33N3O5S/c1-22(21(27)23-17-11-7-5-4-6-8-12-17)16-24(31(3,28)29)15-20(26)25(22)18-13-9-10-14-19(18)30-2/h9-10,13-14,17H,4-8,11-12,15-16H2,1-3H3,(H,23,27)/t22-/m0/s1. The van der Waals surface area contributed by atoms with Gasteiger partial charge in [0.15, 0.2) is 0 Å². The van der Waals surface area contributed by atoms with E-state index in [-0.39, 0.29) is 25.0 Å². The minimum absolute atomic E-state index is 0.0212. The van der Waals surface area contributed by atoms with Gasteiger partial charge in [-0.15, -0.1) is 0 Å². The summed E-state index contributed by atoms with van der Waals surface area (Å²) >= 11 is 0. The van der Waals surface area contributed by atoms with E-state index in [9.17, 15) is 18.0 Å². The molecule has 8 nitrogen and oxygen atoms in total. The van der Waals surface area contributed by atoms with Crippen molar-refractivity contribution in [2.45, 2.75) is 63.5 Å². The molecule has 1 N–H and O–H groups in total. The second-order valence-electron chi connectivity index (χ2n) is 8.72. The fraction of sp³-hybridized carbons (Fsp3) is 0.636. The number of ether oxygens (including phenoxy) is 1. The highest BCUT2D eigenvalue weighted by Crippen LogP contribution is 2.36. The monoisotopic (exact) mass is 451 g/mol. The molecule has 1 aromatic carbocycles. The predicted octanol–water partition coefficient (Wildman–Crippen LogP) is 2.29. The van der Waals surface area contributed by atoms with Crippen LogP contribution in [0.1, 0.15) is 51.9 Å². The molecule has 1 saturated heterocycles.